The van der Waals surface area contributed by atoms with Gasteiger partial charge in [0.15, 0.2) is 11.5 Å². The van der Waals surface area contributed by atoms with E-state index in [-0.39, 0.29) is 11.8 Å². The lowest BCUT2D eigenvalue weighted by Crippen LogP contribution is -2.30. The molecule has 2 aromatic carbocycles. The highest BCUT2D eigenvalue weighted by Crippen LogP contribution is 2.40. The molecule has 1 heterocycles. The molecule has 2 aromatic rings. The number of phenols is 1. The highest BCUT2D eigenvalue weighted by molar-refractivity contribution is 9.10. The maximum atomic E-state index is 10.2. The Kier molecular flexibility index (Phi) is 4.27. The highest BCUT2D eigenvalue weighted by Gasteiger charge is 2.25. The Morgan fingerprint density at radius 1 is 1.09 bits per heavy atom. The molecule has 1 atom stereocenters. The molecular formula is C17H18BrNO3. The van der Waals surface area contributed by atoms with Crippen LogP contribution in [-0.2, 0) is 6.42 Å². The van der Waals surface area contributed by atoms with Crippen LogP contribution in [0.15, 0.2) is 34.8 Å². The van der Waals surface area contributed by atoms with Crippen molar-refractivity contribution in [3.8, 4) is 17.2 Å². The normalized spacial score (nSPS) is 17.0. The van der Waals surface area contributed by atoms with Crippen molar-refractivity contribution >= 4 is 15.9 Å². The van der Waals surface area contributed by atoms with Gasteiger partial charge in [0.1, 0.15) is 5.75 Å². The third-order valence-electron chi connectivity index (χ3n) is 4.00. The lowest BCUT2D eigenvalue weighted by atomic mass is 9.89. The summed E-state index contributed by atoms with van der Waals surface area (Å²) in [4.78, 5) is 0. The summed E-state index contributed by atoms with van der Waals surface area (Å²) < 4.78 is 11.7. The molecule has 0 aliphatic carbocycles. The molecule has 5 heteroatoms. The predicted octanol–water partition coefficient (Wildman–Crippen LogP) is 3.41. The average molecular weight is 364 g/mol. The second-order valence-corrected chi connectivity index (χ2v) is 6.16. The SMILES string of the molecule is COc1cc2c(cc1OC)[C@@H](c1cc(Br)ccc1O)NCC2. The first kappa shape index (κ1) is 15.2. The van der Waals surface area contributed by atoms with Gasteiger partial charge in [-0.1, -0.05) is 15.9 Å². The van der Waals surface area contributed by atoms with Crippen molar-refractivity contribution in [3.05, 3.63) is 51.5 Å². The lowest BCUT2D eigenvalue weighted by molar-refractivity contribution is 0.352. The van der Waals surface area contributed by atoms with E-state index in [1.165, 1.54) is 5.56 Å². The molecule has 0 amide bonds. The zero-order valence-electron chi connectivity index (χ0n) is 12.5. The molecule has 1 aliphatic rings. The Hall–Kier alpha value is -1.72. The maximum absolute atomic E-state index is 10.2. The van der Waals surface area contributed by atoms with Gasteiger partial charge in [0.25, 0.3) is 0 Å². The molecule has 0 saturated heterocycles. The minimum Gasteiger partial charge on any atom is -0.508 e. The van der Waals surface area contributed by atoms with E-state index in [9.17, 15) is 5.11 Å². The molecular weight excluding hydrogens is 346 g/mol. The van der Waals surface area contributed by atoms with Crippen LogP contribution in [0, 0.1) is 0 Å². The van der Waals surface area contributed by atoms with Gasteiger partial charge in [0.05, 0.1) is 20.3 Å². The Balaban J connectivity index is 2.13. The number of hydrogen-bond donors (Lipinski definition) is 2. The molecule has 4 nitrogen and oxygen atoms in total. The van der Waals surface area contributed by atoms with Gasteiger partial charge in [-0.3, -0.25) is 0 Å². The summed E-state index contributed by atoms with van der Waals surface area (Å²) >= 11 is 3.47. The van der Waals surface area contributed by atoms with E-state index in [2.05, 4.69) is 21.2 Å². The fraction of sp³-hybridized carbons (Fsp3) is 0.294. The minimum absolute atomic E-state index is 0.0685. The van der Waals surface area contributed by atoms with Gasteiger partial charge in [-0.2, -0.15) is 0 Å². The fourth-order valence-electron chi connectivity index (χ4n) is 2.92. The van der Waals surface area contributed by atoms with Gasteiger partial charge < -0.3 is 19.9 Å². The van der Waals surface area contributed by atoms with E-state index in [4.69, 9.17) is 9.47 Å². The van der Waals surface area contributed by atoms with Crippen molar-refractivity contribution < 1.29 is 14.6 Å². The second-order valence-electron chi connectivity index (χ2n) is 5.25. The van der Waals surface area contributed by atoms with Gasteiger partial charge in [0.2, 0.25) is 0 Å². The van der Waals surface area contributed by atoms with Crippen LogP contribution in [0.2, 0.25) is 0 Å². The van der Waals surface area contributed by atoms with Crippen molar-refractivity contribution in [1.29, 1.82) is 0 Å². The Labute approximate surface area is 138 Å². The molecule has 0 fully saturated rings. The summed E-state index contributed by atoms with van der Waals surface area (Å²) in [7, 11) is 3.27. The van der Waals surface area contributed by atoms with Gasteiger partial charge in [0, 0.05) is 16.6 Å². The van der Waals surface area contributed by atoms with E-state index in [0.29, 0.717) is 5.75 Å². The van der Waals surface area contributed by atoms with Crippen molar-refractivity contribution in [2.45, 2.75) is 12.5 Å². The number of hydrogen-bond acceptors (Lipinski definition) is 4. The first-order valence-electron chi connectivity index (χ1n) is 7.10. The van der Waals surface area contributed by atoms with Crippen LogP contribution in [0.5, 0.6) is 17.2 Å². The van der Waals surface area contributed by atoms with Crippen molar-refractivity contribution in [1.82, 2.24) is 5.32 Å². The molecule has 2 N–H and O–H groups in total. The fourth-order valence-corrected chi connectivity index (χ4v) is 3.30. The lowest BCUT2D eigenvalue weighted by Gasteiger charge is -2.29. The quantitative estimate of drug-likeness (QED) is 0.877. The third-order valence-corrected chi connectivity index (χ3v) is 4.49. The summed E-state index contributed by atoms with van der Waals surface area (Å²) in [5, 5.41) is 13.7. The Bertz CT molecular complexity index is 703. The molecule has 1 aliphatic heterocycles. The van der Waals surface area contributed by atoms with Gasteiger partial charge in [-0.05, 0) is 47.9 Å². The highest BCUT2D eigenvalue weighted by atomic mass is 79.9. The molecule has 0 saturated carbocycles. The number of halogens is 1. The molecule has 22 heavy (non-hydrogen) atoms. The predicted molar refractivity (Wildman–Crippen MR) is 88.9 cm³/mol. The summed E-state index contributed by atoms with van der Waals surface area (Å²) in [5.74, 6) is 1.72. The first-order chi connectivity index (χ1) is 10.6. The van der Waals surface area contributed by atoms with Crippen LogP contribution < -0.4 is 14.8 Å². The van der Waals surface area contributed by atoms with Gasteiger partial charge in [-0.15, -0.1) is 0 Å². The minimum atomic E-state index is -0.0685. The van der Waals surface area contributed by atoms with E-state index >= 15 is 0 Å². The monoisotopic (exact) mass is 363 g/mol. The van der Waals surface area contributed by atoms with E-state index < -0.39 is 0 Å². The molecule has 0 radical (unpaired) electrons. The van der Waals surface area contributed by atoms with Crippen molar-refractivity contribution in [3.63, 3.8) is 0 Å². The molecule has 116 valence electrons. The number of benzene rings is 2. The van der Waals surface area contributed by atoms with Crippen LogP contribution >= 0.6 is 15.9 Å². The van der Waals surface area contributed by atoms with Crippen LogP contribution in [0.1, 0.15) is 22.7 Å². The summed E-state index contributed by atoms with van der Waals surface area (Å²) in [6, 6.07) is 9.43. The number of nitrogens with one attached hydrogen (secondary N) is 1. The second kappa shape index (κ2) is 6.18. The van der Waals surface area contributed by atoms with Crippen LogP contribution in [0.4, 0.5) is 0 Å². The molecule has 0 aromatic heterocycles. The zero-order valence-corrected chi connectivity index (χ0v) is 14.1. The van der Waals surface area contributed by atoms with Crippen LogP contribution in [-0.4, -0.2) is 25.9 Å². The van der Waals surface area contributed by atoms with Gasteiger partial charge >= 0.3 is 0 Å². The zero-order chi connectivity index (χ0) is 15.7. The first-order valence-corrected chi connectivity index (χ1v) is 7.90. The van der Waals surface area contributed by atoms with E-state index in [1.54, 1.807) is 20.3 Å². The number of rotatable bonds is 3. The van der Waals surface area contributed by atoms with E-state index in [1.807, 2.05) is 24.3 Å². The summed E-state index contributed by atoms with van der Waals surface area (Å²) in [6.45, 7) is 0.846. The third kappa shape index (κ3) is 2.66. The van der Waals surface area contributed by atoms with Crippen LogP contribution in [0.25, 0.3) is 0 Å². The largest absolute Gasteiger partial charge is 0.508 e. The number of fused-ring (bicyclic) bond motifs is 1. The molecule has 0 spiro atoms. The smallest absolute Gasteiger partial charge is 0.161 e. The number of methoxy groups -OCH3 is 2. The van der Waals surface area contributed by atoms with E-state index in [0.717, 1.165) is 34.3 Å². The number of phenolic OH excluding ortho intramolecular Hbond substituents is 1. The average Bonchev–Trinajstić information content (AvgIpc) is 2.55. The summed E-state index contributed by atoms with van der Waals surface area (Å²) in [5.41, 5.74) is 3.17. The molecule has 3 rings (SSSR count). The summed E-state index contributed by atoms with van der Waals surface area (Å²) in [6.07, 6.45) is 0.918. The number of aromatic hydroxyl groups is 1. The van der Waals surface area contributed by atoms with Crippen LogP contribution in [0.3, 0.4) is 0 Å². The Morgan fingerprint density at radius 2 is 1.82 bits per heavy atom. The standard InChI is InChI=1S/C17H18BrNO3/c1-21-15-7-10-5-6-19-17(12(10)9-16(15)22-2)13-8-11(18)3-4-14(13)20/h3-4,7-9,17,19-20H,5-6H2,1-2H3/t17-/m0/s1. The molecule has 0 bridgehead atoms. The maximum Gasteiger partial charge on any atom is 0.161 e. The topological polar surface area (TPSA) is 50.7 Å². The number of ether oxygens (including phenoxy) is 2. The Morgan fingerprint density at radius 3 is 2.55 bits per heavy atom. The van der Waals surface area contributed by atoms with Gasteiger partial charge in [-0.25, -0.2) is 0 Å². The molecule has 0 unspecified atom stereocenters. The van der Waals surface area contributed by atoms with Crippen molar-refractivity contribution in [2.75, 3.05) is 20.8 Å². The van der Waals surface area contributed by atoms with Crippen molar-refractivity contribution in [2.24, 2.45) is 0 Å².